The Kier molecular flexibility index (Phi) is 4.70. The van der Waals surface area contributed by atoms with Crippen molar-refractivity contribution in [1.29, 1.82) is 0 Å². The van der Waals surface area contributed by atoms with E-state index in [0.717, 1.165) is 35.9 Å². The summed E-state index contributed by atoms with van der Waals surface area (Å²) in [5, 5.41) is 4.35. The molecule has 0 saturated heterocycles. The predicted octanol–water partition coefficient (Wildman–Crippen LogP) is 3.63. The highest BCUT2D eigenvalue weighted by molar-refractivity contribution is 7.15. The van der Waals surface area contributed by atoms with Crippen molar-refractivity contribution in [1.82, 2.24) is 4.98 Å². The maximum absolute atomic E-state index is 12.4. The van der Waals surface area contributed by atoms with Crippen molar-refractivity contribution in [2.75, 3.05) is 12.4 Å². The van der Waals surface area contributed by atoms with Crippen LogP contribution in [-0.2, 0) is 24.1 Å². The SMILES string of the molecule is COc1ccc2c(C)c(CCC(=O)Nc3nc4c(s3)CCC4)c(=O)oc2c1. The maximum atomic E-state index is 12.4. The fraction of sp³-hybridized carbons (Fsp3) is 0.350. The topological polar surface area (TPSA) is 81.4 Å². The first-order valence-electron chi connectivity index (χ1n) is 8.94. The van der Waals surface area contributed by atoms with Crippen molar-refractivity contribution < 1.29 is 13.9 Å². The van der Waals surface area contributed by atoms with Crippen molar-refractivity contribution in [2.45, 2.75) is 39.0 Å². The molecule has 7 heteroatoms. The molecule has 6 nitrogen and oxygen atoms in total. The van der Waals surface area contributed by atoms with E-state index in [0.29, 0.717) is 28.4 Å². The number of aryl methyl sites for hydroxylation is 3. The second-order valence-electron chi connectivity index (χ2n) is 6.65. The summed E-state index contributed by atoms with van der Waals surface area (Å²) in [6.07, 6.45) is 3.71. The number of thiazole rings is 1. The lowest BCUT2D eigenvalue weighted by Gasteiger charge is -2.08. The molecule has 27 heavy (non-hydrogen) atoms. The van der Waals surface area contributed by atoms with Crippen LogP contribution in [0, 0.1) is 6.92 Å². The van der Waals surface area contributed by atoms with Gasteiger partial charge >= 0.3 is 5.63 Å². The third-order valence-electron chi connectivity index (χ3n) is 4.94. The Labute approximate surface area is 160 Å². The monoisotopic (exact) mass is 384 g/mol. The van der Waals surface area contributed by atoms with E-state index in [4.69, 9.17) is 9.15 Å². The normalized spacial score (nSPS) is 13.0. The zero-order valence-electron chi connectivity index (χ0n) is 15.3. The minimum absolute atomic E-state index is 0.143. The number of hydrogen-bond donors (Lipinski definition) is 1. The quantitative estimate of drug-likeness (QED) is 0.680. The van der Waals surface area contributed by atoms with Crippen molar-refractivity contribution in [3.05, 3.63) is 50.3 Å². The van der Waals surface area contributed by atoms with E-state index >= 15 is 0 Å². The van der Waals surface area contributed by atoms with Gasteiger partial charge in [-0.05, 0) is 50.3 Å². The Hall–Kier alpha value is -2.67. The van der Waals surface area contributed by atoms with E-state index in [-0.39, 0.29) is 12.3 Å². The summed E-state index contributed by atoms with van der Waals surface area (Å²) in [6.45, 7) is 1.88. The average molecular weight is 384 g/mol. The Balaban J connectivity index is 1.49. The molecule has 0 fully saturated rings. The number of nitrogens with zero attached hydrogens (tertiary/aromatic N) is 1. The van der Waals surface area contributed by atoms with Crippen LogP contribution in [0.3, 0.4) is 0 Å². The number of ether oxygens (including phenoxy) is 1. The zero-order chi connectivity index (χ0) is 19.0. The maximum Gasteiger partial charge on any atom is 0.339 e. The summed E-state index contributed by atoms with van der Waals surface area (Å²) in [4.78, 5) is 30.4. The van der Waals surface area contributed by atoms with E-state index in [1.807, 2.05) is 19.1 Å². The molecule has 4 rings (SSSR count). The van der Waals surface area contributed by atoms with Crippen LogP contribution in [-0.4, -0.2) is 18.0 Å². The van der Waals surface area contributed by atoms with E-state index in [1.165, 1.54) is 4.88 Å². The smallest absolute Gasteiger partial charge is 0.339 e. The van der Waals surface area contributed by atoms with Crippen molar-refractivity contribution in [2.24, 2.45) is 0 Å². The van der Waals surface area contributed by atoms with E-state index in [2.05, 4.69) is 10.3 Å². The third kappa shape index (κ3) is 3.47. The number of amides is 1. The Bertz CT molecular complexity index is 1060. The number of benzene rings is 1. The average Bonchev–Trinajstić information content (AvgIpc) is 3.22. The number of rotatable bonds is 5. The summed E-state index contributed by atoms with van der Waals surface area (Å²) in [5.74, 6) is 0.489. The molecule has 1 N–H and O–H groups in total. The first-order chi connectivity index (χ1) is 13.0. The molecule has 1 amide bonds. The number of methoxy groups -OCH3 is 1. The van der Waals surface area contributed by atoms with Crippen LogP contribution in [0.5, 0.6) is 5.75 Å². The van der Waals surface area contributed by atoms with Crippen LogP contribution in [0.1, 0.15) is 34.5 Å². The van der Waals surface area contributed by atoms with Crippen LogP contribution in [0.25, 0.3) is 11.0 Å². The highest BCUT2D eigenvalue weighted by Gasteiger charge is 2.18. The number of aromatic nitrogens is 1. The molecule has 2 aromatic heterocycles. The van der Waals surface area contributed by atoms with E-state index in [9.17, 15) is 9.59 Å². The van der Waals surface area contributed by atoms with Gasteiger partial charge in [-0.1, -0.05) is 0 Å². The summed E-state index contributed by atoms with van der Waals surface area (Å²) in [7, 11) is 1.57. The summed E-state index contributed by atoms with van der Waals surface area (Å²) in [6, 6.07) is 5.39. The lowest BCUT2D eigenvalue weighted by molar-refractivity contribution is -0.116. The lowest BCUT2D eigenvalue weighted by atomic mass is 10.0. The minimum Gasteiger partial charge on any atom is -0.497 e. The predicted molar refractivity (Wildman–Crippen MR) is 105 cm³/mol. The molecule has 1 aliphatic rings. The molecule has 1 aliphatic carbocycles. The van der Waals surface area contributed by atoms with Crippen LogP contribution in [0.15, 0.2) is 27.4 Å². The molecule has 0 bridgehead atoms. The van der Waals surface area contributed by atoms with Crippen molar-refractivity contribution in [3.8, 4) is 5.75 Å². The zero-order valence-corrected chi connectivity index (χ0v) is 16.1. The number of fused-ring (bicyclic) bond motifs is 2. The summed E-state index contributed by atoms with van der Waals surface area (Å²) >= 11 is 1.55. The van der Waals surface area contributed by atoms with Crippen LogP contribution in [0.4, 0.5) is 5.13 Å². The number of carbonyl (C=O) groups excluding carboxylic acids is 1. The van der Waals surface area contributed by atoms with Crippen LogP contribution >= 0.6 is 11.3 Å². The summed E-state index contributed by atoms with van der Waals surface area (Å²) < 4.78 is 10.6. The lowest BCUT2D eigenvalue weighted by Crippen LogP contribution is -2.16. The van der Waals surface area contributed by atoms with Gasteiger partial charge in [-0.2, -0.15) is 0 Å². The number of anilines is 1. The third-order valence-corrected chi connectivity index (χ3v) is 6.01. The van der Waals surface area contributed by atoms with Gasteiger partial charge < -0.3 is 14.5 Å². The molecule has 2 heterocycles. The molecule has 140 valence electrons. The molecule has 0 unspecified atom stereocenters. The van der Waals surface area contributed by atoms with Gasteiger partial charge in [-0.3, -0.25) is 4.79 Å². The molecule has 0 spiro atoms. The highest BCUT2D eigenvalue weighted by atomic mass is 32.1. The Morgan fingerprint density at radius 2 is 2.22 bits per heavy atom. The van der Waals surface area contributed by atoms with Gasteiger partial charge in [-0.25, -0.2) is 9.78 Å². The van der Waals surface area contributed by atoms with E-state index < -0.39 is 5.63 Å². The number of nitrogens with one attached hydrogen (secondary N) is 1. The Morgan fingerprint density at radius 3 is 3.00 bits per heavy atom. The molecule has 0 atom stereocenters. The van der Waals surface area contributed by atoms with Crippen molar-refractivity contribution in [3.63, 3.8) is 0 Å². The second-order valence-corrected chi connectivity index (χ2v) is 7.73. The van der Waals surface area contributed by atoms with Gasteiger partial charge in [0.1, 0.15) is 11.3 Å². The van der Waals surface area contributed by atoms with Gasteiger partial charge in [0.2, 0.25) is 5.91 Å². The number of carbonyl (C=O) groups is 1. The largest absolute Gasteiger partial charge is 0.497 e. The molecule has 0 aliphatic heterocycles. The molecule has 0 saturated carbocycles. The standard InChI is InChI=1S/C20H20N2O4S/c1-11-13-7-6-12(25-2)10-16(13)26-19(24)14(11)8-9-18(23)22-20-21-15-4-3-5-17(15)27-20/h6-7,10H,3-5,8-9H2,1-2H3,(H,21,22,23). The van der Waals surface area contributed by atoms with Crippen molar-refractivity contribution >= 4 is 33.3 Å². The van der Waals surface area contributed by atoms with Crippen LogP contribution in [0.2, 0.25) is 0 Å². The van der Waals surface area contributed by atoms with Gasteiger partial charge in [0.25, 0.3) is 0 Å². The highest BCUT2D eigenvalue weighted by Crippen LogP contribution is 2.30. The van der Waals surface area contributed by atoms with Gasteiger partial charge in [0.15, 0.2) is 5.13 Å². The molecule has 0 radical (unpaired) electrons. The summed E-state index contributed by atoms with van der Waals surface area (Å²) in [5.41, 5.74) is 2.56. The molecule has 1 aromatic carbocycles. The first kappa shape index (κ1) is 17.7. The van der Waals surface area contributed by atoms with Gasteiger partial charge in [0, 0.05) is 28.3 Å². The minimum atomic E-state index is -0.408. The fourth-order valence-corrected chi connectivity index (χ4v) is 4.52. The fourth-order valence-electron chi connectivity index (χ4n) is 3.45. The molecular formula is C20H20N2O4S. The first-order valence-corrected chi connectivity index (χ1v) is 9.75. The van der Waals surface area contributed by atoms with E-state index in [1.54, 1.807) is 24.5 Å². The second kappa shape index (κ2) is 7.15. The number of hydrogen-bond acceptors (Lipinski definition) is 6. The molecule has 3 aromatic rings. The van der Waals surface area contributed by atoms with Crippen LogP contribution < -0.4 is 15.7 Å². The van der Waals surface area contributed by atoms with Gasteiger partial charge in [-0.15, -0.1) is 11.3 Å². The molecular weight excluding hydrogens is 364 g/mol. The Morgan fingerprint density at radius 1 is 1.37 bits per heavy atom. The van der Waals surface area contributed by atoms with Gasteiger partial charge in [0.05, 0.1) is 12.8 Å².